The van der Waals surface area contributed by atoms with Crippen molar-refractivity contribution >= 4 is 16.8 Å². The molecule has 0 spiro atoms. The number of aryl methyl sites for hydroxylation is 2. The molecule has 1 atom stereocenters. The maximum atomic E-state index is 13.1. The second-order valence-electron chi connectivity index (χ2n) is 6.79. The molecule has 0 saturated carbocycles. The van der Waals surface area contributed by atoms with Crippen molar-refractivity contribution < 1.29 is 4.79 Å². The van der Waals surface area contributed by atoms with E-state index in [9.17, 15) is 4.79 Å². The van der Waals surface area contributed by atoms with Gasteiger partial charge in [-0.15, -0.1) is 0 Å². The largest absolute Gasteiger partial charge is 0.342 e. The smallest absolute Gasteiger partial charge is 0.252 e. The predicted octanol–water partition coefficient (Wildman–Crippen LogP) is 3.52. The molecule has 1 unspecified atom stereocenters. The molecule has 7 nitrogen and oxygen atoms in total. The SMILES string of the molecule is Cc1ccc2nc(-c3cccnc3)cc(C(=O)NC(C)c3n[nH]c(C)n3)c2c1. The highest BCUT2D eigenvalue weighted by molar-refractivity contribution is 6.07. The van der Waals surface area contributed by atoms with Crippen LogP contribution in [0.2, 0.25) is 0 Å². The van der Waals surface area contributed by atoms with Crippen molar-refractivity contribution in [3.63, 3.8) is 0 Å². The van der Waals surface area contributed by atoms with Gasteiger partial charge in [-0.3, -0.25) is 14.9 Å². The maximum Gasteiger partial charge on any atom is 0.252 e. The van der Waals surface area contributed by atoms with Crippen LogP contribution >= 0.6 is 0 Å². The van der Waals surface area contributed by atoms with E-state index in [4.69, 9.17) is 4.98 Å². The zero-order valence-electron chi connectivity index (χ0n) is 15.9. The van der Waals surface area contributed by atoms with Crippen LogP contribution in [0.4, 0.5) is 0 Å². The Hall–Kier alpha value is -3.61. The lowest BCUT2D eigenvalue weighted by molar-refractivity contribution is 0.0940. The Kier molecular flexibility index (Phi) is 4.57. The summed E-state index contributed by atoms with van der Waals surface area (Å²) in [6, 6.07) is 11.2. The number of fused-ring (bicyclic) bond motifs is 1. The van der Waals surface area contributed by atoms with Crippen molar-refractivity contribution in [3.05, 3.63) is 71.6 Å². The van der Waals surface area contributed by atoms with Crippen LogP contribution in [-0.4, -0.2) is 31.1 Å². The topological polar surface area (TPSA) is 96.5 Å². The Labute approximate surface area is 162 Å². The molecule has 0 aliphatic heterocycles. The van der Waals surface area contributed by atoms with Gasteiger partial charge in [-0.25, -0.2) is 9.97 Å². The van der Waals surface area contributed by atoms with Gasteiger partial charge in [0.1, 0.15) is 5.82 Å². The minimum Gasteiger partial charge on any atom is -0.342 e. The van der Waals surface area contributed by atoms with Gasteiger partial charge < -0.3 is 5.32 Å². The summed E-state index contributed by atoms with van der Waals surface area (Å²) in [6.07, 6.45) is 3.45. The van der Waals surface area contributed by atoms with Gasteiger partial charge in [0.15, 0.2) is 5.82 Å². The fraction of sp³-hybridized carbons (Fsp3) is 0.190. The zero-order chi connectivity index (χ0) is 19.7. The van der Waals surface area contributed by atoms with Crippen LogP contribution in [-0.2, 0) is 0 Å². The maximum absolute atomic E-state index is 13.1. The summed E-state index contributed by atoms with van der Waals surface area (Å²) in [5.74, 6) is 1.06. The average Bonchev–Trinajstić information content (AvgIpc) is 3.14. The molecule has 0 saturated heterocycles. The summed E-state index contributed by atoms with van der Waals surface area (Å²) < 4.78 is 0. The first kappa shape index (κ1) is 17.8. The van der Waals surface area contributed by atoms with Gasteiger partial charge in [-0.2, -0.15) is 5.10 Å². The molecule has 140 valence electrons. The van der Waals surface area contributed by atoms with E-state index < -0.39 is 0 Å². The molecule has 1 aromatic carbocycles. The van der Waals surface area contributed by atoms with Crippen molar-refractivity contribution in [3.8, 4) is 11.3 Å². The normalized spacial score (nSPS) is 12.1. The van der Waals surface area contributed by atoms with Crippen molar-refractivity contribution in [1.82, 2.24) is 30.5 Å². The number of pyridine rings is 2. The molecule has 0 radical (unpaired) electrons. The highest BCUT2D eigenvalue weighted by atomic mass is 16.1. The minimum absolute atomic E-state index is 0.196. The van der Waals surface area contributed by atoms with Gasteiger partial charge in [-0.1, -0.05) is 11.6 Å². The summed E-state index contributed by atoms with van der Waals surface area (Å²) in [5, 5.41) is 10.7. The molecule has 3 aromatic heterocycles. The van der Waals surface area contributed by atoms with Crippen molar-refractivity contribution in [1.29, 1.82) is 0 Å². The van der Waals surface area contributed by atoms with Gasteiger partial charge in [0.05, 0.1) is 22.8 Å². The van der Waals surface area contributed by atoms with E-state index in [2.05, 4.69) is 25.5 Å². The number of aromatic amines is 1. The standard InChI is InChI=1S/C21H20N6O/c1-12-6-7-18-16(9-12)17(10-19(25-18)15-5-4-8-22-11-15)21(28)23-13(2)20-24-14(3)26-27-20/h4-11,13H,1-3H3,(H,23,28)(H,24,26,27). The van der Waals surface area contributed by atoms with Crippen LogP contribution in [0.25, 0.3) is 22.2 Å². The number of benzene rings is 1. The summed E-state index contributed by atoms with van der Waals surface area (Å²) in [6.45, 7) is 5.68. The van der Waals surface area contributed by atoms with E-state index in [1.54, 1.807) is 12.4 Å². The van der Waals surface area contributed by atoms with Crippen molar-refractivity contribution in [2.75, 3.05) is 0 Å². The number of H-pyrrole nitrogens is 1. The molecule has 4 aromatic rings. The Morgan fingerprint density at radius 3 is 2.71 bits per heavy atom. The van der Waals surface area contributed by atoms with E-state index in [1.165, 1.54) is 0 Å². The molecule has 28 heavy (non-hydrogen) atoms. The lowest BCUT2D eigenvalue weighted by Gasteiger charge is -2.14. The Morgan fingerprint density at radius 1 is 1.14 bits per heavy atom. The Morgan fingerprint density at radius 2 is 2.00 bits per heavy atom. The first-order valence-electron chi connectivity index (χ1n) is 9.03. The van der Waals surface area contributed by atoms with E-state index in [1.807, 2.05) is 57.2 Å². The number of carbonyl (C=O) groups excluding carboxylic acids is 1. The number of nitrogens with one attached hydrogen (secondary N) is 2. The van der Waals surface area contributed by atoms with Gasteiger partial charge in [-0.05, 0) is 51.1 Å². The minimum atomic E-state index is -0.327. The first-order chi connectivity index (χ1) is 13.5. The molecule has 0 bridgehead atoms. The number of aromatic nitrogens is 5. The highest BCUT2D eigenvalue weighted by Crippen LogP contribution is 2.26. The average molecular weight is 372 g/mol. The summed E-state index contributed by atoms with van der Waals surface area (Å²) in [5.41, 5.74) is 3.95. The lowest BCUT2D eigenvalue weighted by atomic mass is 10.0. The second kappa shape index (κ2) is 7.19. The molecular formula is C21H20N6O. The summed E-state index contributed by atoms with van der Waals surface area (Å²) in [7, 11) is 0. The Balaban J connectivity index is 1.77. The molecule has 1 amide bonds. The summed E-state index contributed by atoms with van der Waals surface area (Å²) in [4.78, 5) is 26.3. The number of nitrogens with zero attached hydrogens (tertiary/aromatic N) is 4. The lowest BCUT2D eigenvalue weighted by Crippen LogP contribution is -2.27. The fourth-order valence-electron chi connectivity index (χ4n) is 3.08. The molecule has 0 fully saturated rings. The quantitative estimate of drug-likeness (QED) is 0.571. The summed E-state index contributed by atoms with van der Waals surface area (Å²) >= 11 is 0. The monoisotopic (exact) mass is 372 g/mol. The predicted molar refractivity (Wildman–Crippen MR) is 107 cm³/mol. The van der Waals surface area contributed by atoms with Gasteiger partial charge in [0, 0.05) is 23.3 Å². The molecule has 0 aliphatic carbocycles. The van der Waals surface area contributed by atoms with Crippen LogP contribution in [0.5, 0.6) is 0 Å². The van der Waals surface area contributed by atoms with Gasteiger partial charge >= 0.3 is 0 Å². The van der Waals surface area contributed by atoms with Crippen molar-refractivity contribution in [2.24, 2.45) is 0 Å². The van der Waals surface area contributed by atoms with Crippen LogP contribution in [0.15, 0.2) is 48.8 Å². The third kappa shape index (κ3) is 3.46. The number of rotatable bonds is 4. The number of carbonyl (C=O) groups is 1. The number of hydrogen-bond acceptors (Lipinski definition) is 5. The van der Waals surface area contributed by atoms with Gasteiger partial charge in [0.2, 0.25) is 0 Å². The van der Waals surface area contributed by atoms with Crippen LogP contribution in [0, 0.1) is 13.8 Å². The number of hydrogen-bond donors (Lipinski definition) is 2. The molecule has 0 aliphatic rings. The molecular weight excluding hydrogens is 352 g/mol. The van der Waals surface area contributed by atoms with Crippen LogP contribution < -0.4 is 5.32 Å². The first-order valence-corrected chi connectivity index (χ1v) is 9.03. The van der Waals surface area contributed by atoms with E-state index in [-0.39, 0.29) is 11.9 Å². The molecule has 7 heteroatoms. The second-order valence-corrected chi connectivity index (χ2v) is 6.79. The Bertz CT molecular complexity index is 1150. The van der Waals surface area contributed by atoms with Crippen LogP contribution in [0.3, 0.4) is 0 Å². The fourth-order valence-corrected chi connectivity index (χ4v) is 3.08. The number of amides is 1. The van der Waals surface area contributed by atoms with E-state index >= 15 is 0 Å². The van der Waals surface area contributed by atoms with Gasteiger partial charge in [0.25, 0.3) is 5.91 Å². The van der Waals surface area contributed by atoms with Crippen LogP contribution in [0.1, 0.15) is 40.5 Å². The highest BCUT2D eigenvalue weighted by Gasteiger charge is 2.18. The molecule has 2 N–H and O–H groups in total. The zero-order valence-corrected chi connectivity index (χ0v) is 15.9. The molecule has 4 rings (SSSR count). The van der Waals surface area contributed by atoms with E-state index in [0.717, 1.165) is 22.0 Å². The third-order valence-electron chi connectivity index (χ3n) is 4.52. The van der Waals surface area contributed by atoms with Crippen molar-refractivity contribution in [2.45, 2.75) is 26.8 Å². The molecule has 3 heterocycles. The third-order valence-corrected chi connectivity index (χ3v) is 4.52. The van der Waals surface area contributed by atoms with E-state index in [0.29, 0.717) is 22.9 Å².